The van der Waals surface area contributed by atoms with Gasteiger partial charge in [0.2, 0.25) is 0 Å². The van der Waals surface area contributed by atoms with E-state index in [9.17, 15) is 9.18 Å². The number of carbonyl (C=O) groups is 1. The van der Waals surface area contributed by atoms with Crippen LogP contribution in [0, 0.1) is 12.7 Å². The van der Waals surface area contributed by atoms with Crippen molar-refractivity contribution in [2.45, 2.75) is 13.8 Å². The van der Waals surface area contributed by atoms with Gasteiger partial charge in [-0.15, -0.1) is 5.10 Å². The van der Waals surface area contributed by atoms with Crippen molar-refractivity contribution in [2.24, 2.45) is 0 Å². The Labute approximate surface area is 144 Å². The zero-order chi connectivity index (χ0) is 17.8. The first-order valence-corrected chi connectivity index (χ1v) is 7.81. The Kier molecular flexibility index (Phi) is 4.74. The van der Waals surface area contributed by atoms with Gasteiger partial charge in [0.25, 0.3) is 5.91 Å². The molecule has 0 aliphatic rings. The highest BCUT2D eigenvalue weighted by Crippen LogP contribution is 2.18. The predicted molar refractivity (Wildman–Crippen MR) is 91.6 cm³/mol. The van der Waals surface area contributed by atoms with E-state index < -0.39 is 11.7 Å². The molecule has 0 aliphatic heterocycles. The molecule has 0 radical (unpaired) electrons. The number of rotatable bonds is 5. The fourth-order valence-electron chi connectivity index (χ4n) is 2.39. The third-order valence-electron chi connectivity index (χ3n) is 3.58. The number of halogens is 1. The van der Waals surface area contributed by atoms with Crippen LogP contribution in [0.5, 0.6) is 5.75 Å². The molecular formula is C18H17FN4O2. The lowest BCUT2D eigenvalue weighted by Crippen LogP contribution is -2.14. The third kappa shape index (κ3) is 3.65. The van der Waals surface area contributed by atoms with E-state index in [2.05, 4.69) is 15.6 Å². The standard InChI is InChI=1S/C18H17FN4O2/c1-3-25-16-9-7-15(8-10-16)23-12(2)17(21-22-23)18(24)20-14-6-4-5-13(19)11-14/h4-11H,3H2,1-2H3,(H,20,24). The second kappa shape index (κ2) is 7.12. The van der Waals surface area contributed by atoms with Crippen LogP contribution < -0.4 is 10.1 Å². The summed E-state index contributed by atoms with van der Waals surface area (Å²) in [6.45, 7) is 4.25. The van der Waals surface area contributed by atoms with Crippen LogP contribution >= 0.6 is 0 Å². The molecule has 0 saturated heterocycles. The summed E-state index contributed by atoms with van der Waals surface area (Å²) in [6, 6.07) is 13.0. The number of aromatic nitrogens is 3. The lowest BCUT2D eigenvalue weighted by atomic mass is 10.2. The largest absolute Gasteiger partial charge is 0.494 e. The molecule has 25 heavy (non-hydrogen) atoms. The topological polar surface area (TPSA) is 69.0 Å². The molecule has 6 nitrogen and oxygen atoms in total. The smallest absolute Gasteiger partial charge is 0.278 e. The minimum atomic E-state index is -0.444. The Morgan fingerprint density at radius 3 is 2.68 bits per heavy atom. The van der Waals surface area contributed by atoms with E-state index in [0.29, 0.717) is 18.0 Å². The summed E-state index contributed by atoms with van der Waals surface area (Å²) >= 11 is 0. The van der Waals surface area contributed by atoms with E-state index in [-0.39, 0.29) is 5.69 Å². The molecule has 0 bridgehead atoms. The highest BCUT2D eigenvalue weighted by molar-refractivity contribution is 6.03. The maximum Gasteiger partial charge on any atom is 0.278 e. The van der Waals surface area contributed by atoms with Gasteiger partial charge in [-0.3, -0.25) is 4.79 Å². The van der Waals surface area contributed by atoms with Gasteiger partial charge < -0.3 is 10.1 Å². The molecule has 0 saturated carbocycles. The summed E-state index contributed by atoms with van der Waals surface area (Å²) < 4.78 is 20.2. The van der Waals surface area contributed by atoms with E-state index in [1.807, 2.05) is 31.2 Å². The number of benzene rings is 2. The number of hydrogen-bond donors (Lipinski definition) is 1. The molecule has 1 aromatic heterocycles. The Morgan fingerprint density at radius 2 is 2.00 bits per heavy atom. The highest BCUT2D eigenvalue weighted by atomic mass is 19.1. The zero-order valence-electron chi connectivity index (χ0n) is 13.9. The minimum Gasteiger partial charge on any atom is -0.494 e. The zero-order valence-corrected chi connectivity index (χ0v) is 13.9. The maximum atomic E-state index is 13.2. The summed E-state index contributed by atoms with van der Waals surface area (Å²) in [5.74, 6) is -0.110. The Balaban J connectivity index is 1.81. The van der Waals surface area contributed by atoms with E-state index in [4.69, 9.17) is 4.74 Å². The number of hydrogen-bond acceptors (Lipinski definition) is 4. The summed E-state index contributed by atoms with van der Waals surface area (Å²) in [5, 5.41) is 10.6. The van der Waals surface area contributed by atoms with Gasteiger partial charge in [0.1, 0.15) is 11.6 Å². The molecule has 1 N–H and O–H groups in total. The first-order chi connectivity index (χ1) is 12.1. The molecule has 1 amide bonds. The molecule has 7 heteroatoms. The number of carbonyl (C=O) groups excluding carboxylic acids is 1. The number of nitrogens with one attached hydrogen (secondary N) is 1. The summed E-state index contributed by atoms with van der Waals surface area (Å²) in [5.41, 5.74) is 1.88. The second-order valence-corrected chi connectivity index (χ2v) is 5.33. The first-order valence-electron chi connectivity index (χ1n) is 7.81. The predicted octanol–water partition coefficient (Wildman–Crippen LogP) is 3.37. The van der Waals surface area contributed by atoms with Gasteiger partial charge in [-0.2, -0.15) is 0 Å². The van der Waals surface area contributed by atoms with E-state index in [1.54, 1.807) is 17.7 Å². The van der Waals surface area contributed by atoms with Gasteiger partial charge >= 0.3 is 0 Å². The van der Waals surface area contributed by atoms with Crippen molar-refractivity contribution >= 4 is 11.6 Å². The van der Waals surface area contributed by atoms with E-state index in [0.717, 1.165) is 11.4 Å². The highest BCUT2D eigenvalue weighted by Gasteiger charge is 2.17. The van der Waals surface area contributed by atoms with Crippen molar-refractivity contribution < 1.29 is 13.9 Å². The minimum absolute atomic E-state index is 0.179. The average Bonchev–Trinajstić information content (AvgIpc) is 2.97. The lowest BCUT2D eigenvalue weighted by molar-refractivity contribution is 0.102. The number of anilines is 1. The fourth-order valence-corrected chi connectivity index (χ4v) is 2.39. The van der Waals surface area contributed by atoms with Crippen LogP contribution in [-0.4, -0.2) is 27.5 Å². The maximum absolute atomic E-state index is 13.2. The van der Waals surface area contributed by atoms with Crippen molar-refractivity contribution in [2.75, 3.05) is 11.9 Å². The molecule has 0 atom stereocenters. The molecule has 128 valence electrons. The normalized spacial score (nSPS) is 10.5. The van der Waals surface area contributed by atoms with Crippen LogP contribution in [0.1, 0.15) is 23.1 Å². The Hall–Kier alpha value is -3.22. The van der Waals surface area contributed by atoms with Gasteiger partial charge in [-0.25, -0.2) is 9.07 Å². The first kappa shape index (κ1) is 16.6. The third-order valence-corrected chi connectivity index (χ3v) is 3.58. The van der Waals surface area contributed by atoms with Gasteiger partial charge in [-0.05, 0) is 56.3 Å². The van der Waals surface area contributed by atoms with E-state index >= 15 is 0 Å². The lowest BCUT2D eigenvalue weighted by Gasteiger charge is -2.07. The van der Waals surface area contributed by atoms with Crippen LogP contribution in [0.3, 0.4) is 0 Å². The molecule has 0 unspecified atom stereocenters. The number of ether oxygens (including phenoxy) is 1. The molecule has 0 spiro atoms. The number of nitrogens with zero attached hydrogens (tertiary/aromatic N) is 3. The summed E-state index contributed by atoms with van der Waals surface area (Å²) in [6.07, 6.45) is 0. The molecule has 2 aromatic carbocycles. The molecule has 3 aromatic rings. The molecule has 1 heterocycles. The SMILES string of the molecule is CCOc1ccc(-n2nnc(C(=O)Nc3cccc(F)c3)c2C)cc1. The molecule has 3 rings (SSSR count). The van der Waals surface area contributed by atoms with E-state index in [1.165, 1.54) is 18.2 Å². The summed E-state index contributed by atoms with van der Waals surface area (Å²) in [7, 11) is 0. The van der Waals surface area contributed by atoms with Gasteiger partial charge in [0, 0.05) is 5.69 Å². The van der Waals surface area contributed by atoms with Crippen LogP contribution in [0.2, 0.25) is 0 Å². The Bertz CT molecular complexity index is 890. The van der Waals surface area contributed by atoms with Crippen LogP contribution in [-0.2, 0) is 0 Å². The summed E-state index contributed by atoms with van der Waals surface area (Å²) in [4.78, 5) is 12.4. The van der Waals surface area contributed by atoms with Crippen molar-refractivity contribution in [3.63, 3.8) is 0 Å². The quantitative estimate of drug-likeness (QED) is 0.773. The molecular weight excluding hydrogens is 323 g/mol. The monoisotopic (exact) mass is 340 g/mol. The van der Waals surface area contributed by atoms with Crippen molar-refractivity contribution in [3.8, 4) is 11.4 Å². The van der Waals surface area contributed by atoms with Gasteiger partial charge in [0.05, 0.1) is 18.0 Å². The van der Waals surface area contributed by atoms with Crippen molar-refractivity contribution in [3.05, 3.63) is 65.7 Å². The molecule has 0 fully saturated rings. The Morgan fingerprint density at radius 1 is 1.24 bits per heavy atom. The second-order valence-electron chi connectivity index (χ2n) is 5.33. The van der Waals surface area contributed by atoms with Crippen molar-refractivity contribution in [1.29, 1.82) is 0 Å². The molecule has 0 aliphatic carbocycles. The fraction of sp³-hybridized carbons (Fsp3) is 0.167. The van der Waals surface area contributed by atoms with Gasteiger partial charge in [-0.1, -0.05) is 11.3 Å². The van der Waals surface area contributed by atoms with Crippen molar-refractivity contribution in [1.82, 2.24) is 15.0 Å². The number of amides is 1. The van der Waals surface area contributed by atoms with Crippen LogP contribution in [0.15, 0.2) is 48.5 Å². The van der Waals surface area contributed by atoms with Crippen LogP contribution in [0.25, 0.3) is 5.69 Å². The average molecular weight is 340 g/mol. The van der Waals surface area contributed by atoms with Crippen LogP contribution in [0.4, 0.5) is 10.1 Å². The van der Waals surface area contributed by atoms with Gasteiger partial charge in [0.15, 0.2) is 5.69 Å².